The van der Waals surface area contributed by atoms with Gasteiger partial charge in [-0.1, -0.05) is 48.5 Å². The maximum absolute atomic E-state index is 13.0. The average molecular weight is 364 g/mol. The monoisotopic (exact) mass is 364 g/mol. The largest absolute Gasteiger partial charge is 0.452 e. The first-order valence-electron chi connectivity index (χ1n) is 8.21. The minimum absolute atomic E-state index is 0.00823. The lowest BCUT2D eigenvalue weighted by molar-refractivity contribution is -0.119. The Morgan fingerprint density at radius 2 is 1.67 bits per heavy atom. The van der Waals surface area contributed by atoms with E-state index in [2.05, 4.69) is 5.32 Å². The first-order chi connectivity index (χ1) is 13.0. The molecule has 0 atom stereocenters. The fourth-order valence-electron chi connectivity index (χ4n) is 2.58. The maximum Gasteiger partial charge on any atom is 0.340 e. The quantitative estimate of drug-likeness (QED) is 0.532. The van der Waals surface area contributed by atoms with Gasteiger partial charge in [0.25, 0.3) is 5.91 Å². The van der Waals surface area contributed by atoms with Crippen LogP contribution in [0.4, 0.5) is 15.8 Å². The molecule has 0 spiro atoms. The molecule has 0 aliphatic heterocycles. The molecule has 0 aromatic heterocycles. The van der Waals surface area contributed by atoms with Gasteiger partial charge in [-0.15, -0.1) is 0 Å². The Labute approximate surface area is 155 Å². The third kappa shape index (κ3) is 4.49. The van der Waals surface area contributed by atoms with Gasteiger partial charge in [-0.25, -0.2) is 9.18 Å². The van der Waals surface area contributed by atoms with Gasteiger partial charge >= 0.3 is 5.97 Å². The number of nitrogens with two attached hydrogens (primary N) is 1. The highest BCUT2D eigenvalue weighted by Crippen LogP contribution is 2.27. The highest BCUT2D eigenvalue weighted by atomic mass is 19.1. The van der Waals surface area contributed by atoms with Gasteiger partial charge in [0.05, 0.1) is 5.56 Å². The van der Waals surface area contributed by atoms with Gasteiger partial charge in [-0.05, 0) is 29.8 Å². The van der Waals surface area contributed by atoms with E-state index in [4.69, 9.17) is 10.5 Å². The Kier molecular flexibility index (Phi) is 5.47. The molecule has 0 saturated heterocycles. The molecular formula is C21H17FN2O3. The Balaban J connectivity index is 1.66. The number of halogens is 1. The van der Waals surface area contributed by atoms with Crippen molar-refractivity contribution in [2.45, 2.75) is 0 Å². The van der Waals surface area contributed by atoms with Gasteiger partial charge in [-0.3, -0.25) is 4.79 Å². The van der Waals surface area contributed by atoms with Crippen LogP contribution in [-0.2, 0) is 9.53 Å². The van der Waals surface area contributed by atoms with E-state index in [9.17, 15) is 14.0 Å². The second-order valence-electron chi connectivity index (χ2n) is 5.77. The van der Waals surface area contributed by atoms with Gasteiger partial charge in [0.1, 0.15) is 5.82 Å². The number of rotatable bonds is 5. The number of carbonyl (C=O) groups excluding carboxylic acids is 2. The number of anilines is 2. The minimum atomic E-state index is -0.793. The van der Waals surface area contributed by atoms with Gasteiger partial charge in [-0.2, -0.15) is 0 Å². The molecule has 5 nitrogen and oxygen atoms in total. The van der Waals surface area contributed by atoms with Crippen LogP contribution in [0.25, 0.3) is 11.1 Å². The van der Waals surface area contributed by atoms with Crippen molar-refractivity contribution in [2.24, 2.45) is 0 Å². The second-order valence-corrected chi connectivity index (χ2v) is 5.77. The van der Waals surface area contributed by atoms with Crippen molar-refractivity contribution in [3.63, 3.8) is 0 Å². The van der Waals surface area contributed by atoms with Gasteiger partial charge in [0, 0.05) is 16.9 Å². The molecule has 3 aromatic carbocycles. The predicted molar refractivity (Wildman–Crippen MR) is 102 cm³/mol. The second kappa shape index (κ2) is 8.14. The number of hydrogen-bond donors (Lipinski definition) is 2. The van der Waals surface area contributed by atoms with E-state index in [1.54, 1.807) is 12.1 Å². The molecular weight excluding hydrogens is 347 g/mol. The van der Waals surface area contributed by atoms with Crippen molar-refractivity contribution in [2.75, 3.05) is 17.7 Å². The van der Waals surface area contributed by atoms with Crippen LogP contribution < -0.4 is 11.1 Å². The molecule has 6 heteroatoms. The number of hydrogen-bond acceptors (Lipinski definition) is 4. The zero-order chi connectivity index (χ0) is 19.2. The van der Waals surface area contributed by atoms with Crippen LogP contribution in [0, 0.1) is 5.82 Å². The Morgan fingerprint density at radius 3 is 2.41 bits per heavy atom. The summed E-state index contributed by atoms with van der Waals surface area (Å²) in [5.74, 6) is -1.84. The molecule has 27 heavy (non-hydrogen) atoms. The topological polar surface area (TPSA) is 81.4 Å². The number of esters is 1. The normalized spacial score (nSPS) is 10.3. The summed E-state index contributed by atoms with van der Waals surface area (Å²) in [6, 6.07) is 20.2. The third-order valence-electron chi connectivity index (χ3n) is 3.85. The molecule has 0 heterocycles. The first-order valence-corrected chi connectivity index (χ1v) is 8.21. The lowest BCUT2D eigenvalue weighted by Gasteiger charge is -2.12. The molecule has 0 saturated carbocycles. The fraction of sp³-hybridized carbons (Fsp3) is 0.0476. The van der Waals surface area contributed by atoms with Crippen molar-refractivity contribution < 1.29 is 18.7 Å². The van der Waals surface area contributed by atoms with Gasteiger partial charge in [0.15, 0.2) is 6.61 Å². The molecule has 1 amide bonds. The van der Waals surface area contributed by atoms with E-state index >= 15 is 0 Å². The summed E-state index contributed by atoms with van der Waals surface area (Å²) in [5.41, 5.74) is 7.96. The lowest BCUT2D eigenvalue weighted by atomic mass is 10.0. The van der Waals surface area contributed by atoms with Crippen LogP contribution >= 0.6 is 0 Å². The predicted octanol–water partition coefficient (Wildman–Crippen LogP) is 3.87. The van der Waals surface area contributed by atoms with Crippen molar-refractivity contribution in [3.05, 3.63) is 84.2 Å². The summed E-state index contributed by atoms with van der Waals surface area (Å²) in [5, 5.41) is 2.73. The van der Waals surface area contributed by atoms with E-state index in [-0.39, 0.29) is 11.3 Å². The van der Waals surface area contributed by atoms with Gasteiger partial charge < -0.3 is 15.8 Å². The van der Waals surface area contributed by atoms with E-state index in [0.717, 1.165) is 23.3 Å². The number of amides is 1. The van der Waals surface area contributed by atoms with Crippen molar-refractivity contribution in [1.82, 2.24) is 0 Å². The number of nitrogen functional groups attached to an aromatic ring is 1. The minimum Gasteiger partial charge on any atom is -0.452 e. The molecule has 0 fully saturated rings. The number of ether oxygens (including phenoxy) is 1. The van der Waals surface area contributed by atoms with Crippen molar-refractivity contribution in [1.29, 1.82) is 0 Å². The standard InChI is InChI=1S/C21H17FN2O3/c22-15-10-11-17(18(23)12-15)21(26)27-13-20(25)24-19-9-5-4-8-16(19)14-6-2-1-3-7-14/h1-12H,13,23H2,(H,24,25). The van der Waals surface area contributed by atoms with Crippen molar-refractivity contribution in [3.8, 4) is 11.1 Å². The number of nitrogens with one attached hydrogen (secondary N) is 1. The summed E-state index contributed by atoms with van der Waals surface area (Å²) >= 11 is 0. The summed E-state index contributed by atoms with van der Waals surface area (Å²) in [6.45, 7) is -0.487. The highest BCUT2D eigenvalue weighted by Gasteiger charge is 2.15. The molecule has 0 aliphatic rings. The molecule has 3 aromatic rings. The number of carbonyl (C=O) groups is 2. The summed E-state index contributed by atoms with van der Waals surface area (Å²) < 4.78 is 18.0. The molecule has 0 radical (unpaired) electrons. The molecule has 3 N–H and O–H groups in total. The zero-order valence-electron chi connectivity index (χ0n) is 14.3. The van der Waals surface area contributed by atoms with Crippen LogP contribution in [0.1, 0.15) is 10.4 Å². The Hall–Kier alpha value is -3.67. The van der Waals surface area contributed by atoms with Crippen LogP contribution in [0.5, 0.6) is 0 Å². The molecule has 0 unspecified atom stereocenters. The van der Waals surface area contributed by atoms with Crippen LogP contribution in [-0.4, -0.2) is 18.5 Å². The smallest absolute Gasteiger partial charge is 0.340 e. The summed E-state index contributed by atoms with van der Waals surface area (Å²) in [6.07, 6.45) is 0. The maximum atomic E-state index is 13.0. The van der Waals surface area contributed by atoms with Gasteiger partial charge in [0.2, 0.25) is 0 Å². The molecule has 3 rings (SSSR count). The first kappa shape index (κ1) is 18.1. The SMILES string of the molecule is Nc1cc(F)ccc1C(=O)OCC(=O)Nc1ccccc1-c1ccccc1. The average Bonchev–Trinajstić information content (AvgIpc) is 2.67. The highest BCUT2D eigenvalue weighted by molar-refractivity contribution is 5.99. The number of para-hydroxylation sites is 1. The molecule has 136 valence electrons. The van der Waals surface area contributed by atoms with Crippen LogP contribution in [0.3, 0.4) is 0 Å². The fourth-order valence-corrected chi connectivity index (χ4v) is 2.58. The Morgan fingerprint density at radius 1 is 0.963 bits per heavy atom. The Bertz CT molecular complexity index is 974. The third-order valence-corrected chi connectivity index (χ3v) is 3.85. The zero-order valence-corrected chi connectivity index (χ0v) is 14.3. The number of benzene rings is 3. The van der Waals surface area contributed by atoms with E-state index in [1.165, 1.54) is 6.07 Å². The lowest BCUT2D eigenvalue weighted by Crippen LogP contribution is -2.21. The van der Waals surface area contributed by atoms with E-state index < -0.39 is 24.3 Å². The van der Waals surface area contributed by atoms with Crippen LogP contribution in [0.15, 0.2) is 72.8 Å². The molecule has 0 bridgehead atoms. The summed E-state index contributed by atoms with van der Waals surface area (Å²) in [7, 11) is 0. The summed E-state index contributed by atoms with van der Waals surface area (Å²) in [4.78, 5) is 24.2. The molecule has 0 aliphatic carbocycles. The van der Waals surface area contributed by atoms with Crippen LogP contribution in [0.2, 0.25) is 0 Å². The van der Waals surface area contributed by atoms with E-state index in [1.807, 2.05) is 42.5 Å². The van der Waals surface area contributed by atoms with E-state index in [0.29, 0.717) is 5.69 Å². The van der Waals surface area contributed by atoms with Crippen molar-refractivity contribution >= 4 is 23.3 Å².